The van der Waals surface area contributed by atoms with Crippen LogP contribution < -0.4 is 14.8 Å². The zero-order chi connectivity index (χ0) is 14.2. The zero-order valence-corrected chi connectivity index (χ0v) is 12.4. The quantitative estimate of drug-likeness (QED) is 0.902. The lowest BCUT2D eigenvalue weighted by Gasteiger charge is -2.46. The maximum Gasteiger partial charge on any atom is 0.128 e. The molecule has 3 rings (SSSR count). The molecule has 1 N–H and O–H groups in total. The summed E-state index contributed by atoms with van der Waals surface area (Å²) >= 11 is 0. The van der Waals surface area contributed by atoms with Crippen LogP contribution in [0.3, 0.4) is 0 Å². The van der Waals surface area contributed by atoms with Crippen LogP contribution in [0.25, 0.3) is 0 Å². The molecule has 2 aliphatic heterocycles. The van der Waals surface area contributed by atoms with Gasteiger partial charge >= 0.3 is 0 Å². The van der Waals surface area contributed by atoms with Crippen LogP contribution in [0.5, 0.6) is 11.5 Å². The Hall–Kier alpha value is -1.26. The van der Waals surface area contributed by atoms with E-state index in [1.165, 1.54) is 5.56 Å². The predicted octanol–water partition coefficient (Wildman–Crippen LogP) is 2.68. The molecule has 0 saturated carbocycles. The molecule has 2 aliphatic rings. The summed E-state index contributed by atoms with van der Waals surface area (Å²) in [6.45, 7) is 2.90. The second-order valence-electron chi connectivity index (χ2n) is 5.87. The molecular weight excluding hydrogens is 254 g/mol. The van der Waals surface area contributed by atoms with E-state index in [-0.39, 0.29) is 11.7 Å². The van der Waals surface area contributed by atoms with E-state index in [0.717, 1.165) is 37.4 Å². The summed E-state index contributed by atoms with van der Waals surface area (Å²) in [7, 11) is 3.70. The molecule has 3 unspecified atom stereocenters. The van der Waals surface area contributed by atoms with Gasteiger partial charge in [-0.3, -0.25) is 0 Å². The largest absolute Gasteiger partial charge is 0.497 e. The first kappa shape index (κ1) is 13.7. The van der Waals surface area contributed by atoms with Crippen LogP contribution in [0.1, 0.15) is 37.8 Å². The highest BCUT2D eigenvalue weighted by Gasteiger charge is 2.43. The summed E-state index contributed by atoms with van der Waals surface area (Å²) in [6, 6.07) is 6.43. The molecule has 4 heteroatoms. The summed E-state index contributed by atoms with van der Waals surface area (Å²) in [5.41, 5.74) is 1.11. The molecule has 1 fully saturated rings. The fourth-order valence-electron chi connectivity index (χ4n) is 3.44. The number of hydrogen-bond donors (Lipinski definition) is 1. The van der Waals surface area contributed by atoms with Gasteiger partial charge in [-0.05, 0) is 20.0 Å². The lowest BCUT2D eigenvalue weighted by Crippen LogP contribution is -2.49. The van der Waals surface area contributed by atoms with Crippen LogP contribution >= 0.6 is 0 Å². The Bertz CT molecular complexity index is 491. The maximum atomic E-state index is 6.41. The molecule has 3 atom stereocenters. The molecule has 2 heterocycles. The van der Waals surface area contributed by atoms with Gasteiger partial charge in [-0.15, -0.1) is 0 Å². The average molecular weight is 277 g/mol. The van der Waals surface area contributed by atoms with E-state index in [1.54, 1.807) is 7.11 Å². The molecular formula is C16H23NO3. The van der Waals surface area contributed by atoms with Crippen LogP contribution in [0.15, 0.2) is 18.2 Å². The molecule has 110 valence electrons. The third-order valence-electron chi connectivity index (χ3n) is 4.47. The van der Waals surface area contributed by atoms with E-state index in [2.05, 4.69) is 18.3 Å². The standard InChI is InChI=1S/C16H23NO3/c1-11-9-16(6-7-19-11)10-14(17-2)13-5-4-12(18-3)8-15(13)20-16/h4-5,8,11,14,17H,6-7,9-10H2,1-3H3. The average Bonchev–Trinajstić information content (AvgIpc) is 2.45. The minimum atomic E-state index is -0.106. The first-order valence-corrected chi connectivity index (χ1v) is 7.31. The van der Waals surface area contributed by atoms with E-state index in [9.17, 15) is 0 Å². The van der Waals surface area contributed by atoms with E-state index in [1.807, 2.05) is 19.2 Å². The summed E-state index contributed by atoms with van der Waals surface area (Å²) in [6.07, 6.45) is 3.15. The number of fused-ring (bicyclic) bond motifs is 1. The van der Waals surface area contributed by atoms with Gasteiger partial charge in [0.25, 0.3) is 0 Å². The number of hydrogen-bond acceptors (Lipinski definition) is 4. The van der Waals surface area contributed by atoms with Crippen molar-refractivity contribution in [2.45, 2.75) is 43.9 Å². The summed E-state index contributed by atoms with van der Waals surface area (Å²) in [5, 5.41) is 3.42. The van der Waals surface area contributed by atoms with Gasteiger partial charge in [0.05, 0.1) is 19.8 Å². The SMILES string of the molecule is CNC1CC2(CCOC(C)C2)Oc2cc(OC)ccc21. The van der Waals surface area contributed by atoms with Crippen LogP contribution in [0.4, 0.5) is 0 Å². The second-order valence-corrected chi connectivity index (χ2v) is 5.87. The van der Waals surface area contributed by atoms with E-state index in [0.29, 0.717) is 6.04 Å². The molecule has 0 aliphatic carbocycles. The normalized spacial score (nSPS) is 32.5. The molecule has 1 aromatic rings. The van der Waals surface area contributed by atoms with Crippen molar-refractivity contribution in [1.29, 1.82) is 0 Å². The smallest absolute Gasteiger partial charge is 0.128 e. The van der Waals surface area contributed by atoms with Crippen LogP contribution in [-0.4, -0.2) is 32.5 Å². The van der Waals surface area contributed by atoms with Gasteiger partial charge in [0.15, 0.2) is 0 Å². The lowest BCUT2D eigenvalue weighted by atomic mass is 9.80. The molecule has 1 spiro atoms. The van der Waals surface area contributed by atoms with Crippen LogP contribution in [0.2, 0.25) is 0 Å². The molecule has 1 aromatic carbocycles. The van der Waals surface area contributed by atoms with Crippen LogP contribution in [0, 0.1) is 0 Å². The predicted molar refractivity (Wildman–Crippen MR) is 77.4 cm³/mol. The number of rotatable bonds is 2. The summed E-state index contributed by atoms with van der Waals surface area (Å²) in [4.78, 5) is 0. The van der Waals surface area contributed by atoms with Crippen molar-refractivity contribution in [1.82, 2.24) is 5.32 Å². The van der Waals surface area contributed by atoms with Gasteiger partial charge in [-0.25, -0.2) is 0 Å². The Morgan fingerprint density at radius 1 is 1.35 bits per heavy atom. The Balaban J connectivity index is 1.95. The molecule has 0 amide bonds. The van der Waals surface area contributed by atoms with E-state index < -0.39 is 0 Å². The van der Waals surface area contributed by atoms with Gasteiger partial charge in [-0.2, -0.15) is 0 Å². The van der Waals surface area contributed by atoms with Gasteiger partial charge in [-0.1, -0.05) is 6.07 Å². The fourth-order valence-corrected chi connectivity index (χ4v) is 3.44. The van der Waals surface area contributed by atoms with Crippen molar-refractivity contribution in [3.63, 3.8) is 0 Å². The highest BCUT2D eigenvalue weighted by molar-refractivity contribution is 5.44. The van der Waals surface area contributed by atoms with Crippen molar-refractivity contribution in [3.05, 3.63) is 23.8 Å². The van der Waals surface area contributed by atoms with E-state index in [4.69, 9.17) is 14.2 Å². The molecule has 0 aromatic heterocycles. The van der Waals surface area contributed by atoms with Gasteiger partial charge in [0, 0.05) is 36.9 Å². The third kappa shape index (κ3) is 2.38. The lowest BCUT2D eigenvalue weighted by molar-refractivity contribution is -0.0964. The summed E-state index contributed by atoms with van der Waals surface area (Å²) < 4.78 is 17.4. The molecule has 20 heavy (non-hydrogen) atoms. The van der Waals surface area contributed by atoms with E-state index >= 15 is 0 Å². The highest BCUT2D eigenvalue weighted by Crippen LogP contribution is 2.45. The maximum absolute atomic E-state index is 6.41. The zero-order valence-electron chi connectivity index (χ0n) is 12.4. The van der Waals surface area contributed by atoms with Gasteiger partial charge in [0.2, 0.25) is 0 Å². The molecule has 1 saturated heterocycles. The van der Waals surface area contributed by atoms with Crippen molar-refractivity contribution < 1.29 is 14.2 Å². The number of ether oxygens (including phenoxy) is 3. The number of benzene rings is 1. The highest BCUT2D eigenvalue weighted by atomic mass is 16.5. The Labute approximate surface area is 120 Å². The number of nitrogens with one attached hydrogen (secondary N) is 1. The second kappa shape index (κ2) is 5.26. The van der Waals surface area contributed by atoms with Crippen molar-refractivity contribution in [3.8, 4) is 11.5 Å². The minimum Gasteiger partial charge on any atom is -0.497 e. The van der Waals surface area contributed by atoms with Crippen molar-refractivity contribution >= 4 is 0 Å². The van der Waals surface area contributed by atoms with Crippen LogP contribution in [-0.2, 0) is 4.74 Å². The number of methoxy groups -OCH3 is 1. The van der Waals surface area contributed by atoms with Crippen molar-refractivity contribution in [2.75, 3.05) is 20.8 Å². The Kier molecular flexibility index (Phi) is 3.61. The monoisotopic (exact) mass is 277 g/mol. The first-order valence-electron chi connectivity index (χ1n) is 7.31. The first-order chi connectivity index (χ1) is 9.65. The molecule has 0 bridgehead atoms. The Morgan fingerprint density at radius 2 is 2.20 bits per heavy atom. The van der Waals surface area contributed by atoms with Gasteiger partial charge in [0.1, 0.15) is 17.1 Å². The molecule has 0 radical (unpaired) electrons. The fraction of sp³-hybridized carbons (Fsp3) is 0.625. The third-order valence-corrected chi connectivity index (χ3v) is 4.47. The summed E-state index contributed by atoms with van der Waals surface area (Å²) in [5.74, 6) is 1.79. The van der Waals surface area contributed by atoms with Crippen molar-refractivity contribution in [2.24, 2.45) is 0 Å². The Morgan fingerprint density at radius 3 is 2.90 bits per heavy atom. The minimum absolute atomic E-state index is 0.106. The topological polar surface area (TPSA) is 39.7 Å². The molecule has 4 nitrogen and oxygen atoms in total. The van der Waals surface area contributed by atoms with Gasteiger partial charge < -0.3 is 19.5 Å².